The third kappa shape index (κ3) is 1.02. The summed E-state index contributed by atoms with van der Waals surface area (Å²) in [4.78, 5) is 0. The van der Waals surface area contributed by atoms with Gasteiger partial charge in [0.15, 0.2) is 0 Å². The van der Waals surface area contributed by atoms with Crippen LogP contribution in [0.4, 0.5) is 0 Å². The molecule has 0 N–H and O–H groups in total. The Morgan fingerprint density at radius 3 is 3.00 bits per heavy atom. The number of hydrogen-bond acceptors (Lipinski definition) is 3. The predicted molar refractivity (Wildman–Crippen MR) is 45.1 cm³/mol. The number of rotatable bonds is 1. The summed E-state index contributed by atoms with van der Waals surface area (Å²) >= 11 is 0. The van der Waals surface area contributed by atoms with Crippen LogP contribution in [0.15, 0.2) is 12.2 Å². The van der Waals surface area contributed by atoms with E-state index < -0.39 is 10.1 Å². The van der Waals surface area contributed by atoms with Crippen LogP contribution in [0.3, 0.4) is 0 Å². The van der Waals surface area contributed by atoms with E-state index in [0.29, 0.717) is 6.42 Å². The molecular weight excluding hydrogens is 176 g/mol. The molecule has 3 atom stereocenters. The standard InChI is InChI=1S/C8H12O3S/c1-2-8-6-4-3-5-7(6)11-12(8,9)10/h3,5-8H,2,4H2,1H3/t6-,7+,8+/m1/s1. The molecule has 2 aliphatic rings. The molecule has 1 saturated heterocycles. The van der Waals surface area contributed by atoms with Crippen molar-refractivity contribution >= 4 is 10.1 Å². The largest absolute Gasteiger partial charge is 0.271 e. The minimum atomic E-state index is -3.25. The zero-order valence-corrected chi connectivity index (χ0v) is 7.75. The second-order valence-electron chi connectivity index (χ2n) is 3.33. The van der Waals surface area contributed by atoms with Gasteiger partial charge in [-0.05, 0) is 12.8 Å². The molecule has 12 heavy (non-hydrogen) atoms. The first-order chi connectivity index (χ1) is 5.65. The minimum absolute atomic E-state index is 0.167. The first kappa shape index (κ1) is 8.26. The molecule has 2 rings (SSSR count). The molecule has 0 spiro atoms. The molecular formula is C8H12O3S. The summed E-state index contributed by atoms with van der Waals surface area (Å²) in [5, 5.41) is -0.280. The van der Waals surface area contributed by atoms with Gasteiger partial charge in [-0.2, -0.15) is 8.42 Å². The normalized spacial score (nSPS) is 43.2. The molecule has 3 nitrogen and oxygen atoms in total. The number of allylic oxidation sites excluding steroid dienone is 1. The fraction of sp³-hybridized carbons (Fsp3) is 0.750. The van der Waals surface area contributed by atoms with E-state index >= 15 is 0 Å². The lowest BCUT2D eigenvalue weighted by molar-refractivity contribution is 0.244. The van der Waals surface area contributed by atoms with Crippen molar-refractivity contribution in [1.29, 1.82) is 0 Å². The lowest BCUT2D eigenvalue weighted by Crippen LogP contribution is -2.21. The van der Waals surface area contributed by atoms with Crippen molar-refractivity contribution in [2.45, 2.75) is 31.1 Å². The highest BCUT2D eigenvalue weighted by molar-refractivity contribution is 7.87. The summed E-state index contributed by atoms with van der Waals surface area (Å²) in [5.41, 5.74) is 0. The van der Waals surface area contributed by atoms with Crippen molar-refractivity contribution in [2.24, 2.45) is 5.92 Å². The van der Waals surface area contributed by atoms with Gasteiger partial charge in [-0.1, -0.05) is 19.1 Å². The lowest BCUT2D eigenvalue weighted by Gasteiger charge is -2.10. The summed E-state index contributed by atoms with van der Waals surface area (Å²) in [6, 6.07) is 0. The van der Waals surface area contributed by atoms with Crippen LogP contribution in [0.2, 0.25) is 0 Å². The van der Waals surface area contributed by atoms with Crippen molar-refractivity contribution < 1.29 is 12.6 Å². The van der Waals surface area contributed by atoms with Crippen LogP contribution in [0.1, 0.15) is 19.8 Å². The minimum Gasteiger partial charge on any atom is -0.262 e. The van der Waals surface area contributed by atoms with Crippen molar-refractivity contribution in [3.63, 3.8) is 0 Å². The highest BCUT2D eigenvalue weighted by atomic mass is 32.2. The zero-order valence-electron chi connectivity index (χ0n) is 6.93. The van der Waals surface area contributed by atoms with E-state index in [1.54, 1.807) is 0 Å². The Labute approximate surface area is 72.5 Å². The van der Waals surface area contributed by atoms with Gasteiger partial charge in [-0.3, -0.25) is 4.18 Å². The smallest absolute Gasteiger partial charge is 0.262 e. The van der Waals surface area contributed by atoms with Crippen LogP contribution in [-0.4, -0.2) is 19.8 Å². The van der Waals surface area contributed by atoms with Gasteiger partial charge in [0, 0.05) is 5.92 Å². The monoisotopic (exact) mass is 188 g/mol. The maximum absolute atomic E-state index is 11.4. The van der Waals surface area contributed by atoms with Gasteiger partial charge in [0.2, 0.25) is 0 Å². The van der Waals surface area contributed by atoms with Crippen molar-refractivity contribution in [3.05, 3.63) is 12.2 Å². The van der Waals surface area contributed by atoms with Gasteiger partial charge < -0.3 is 0 Å². The van der Waals surface area contributed by atoms with Crippen LogP contribution in [0.25, 0.3) is 0 Å². The Kier molecular flexibility index (Phi) is 1.77. The van der Waals surface area contributed by atoms with E-state index in [0.717, 1.165) is 6.42 Å². The number of hydrogen-bond donors (Lipinski definition) is 0. The van der Waals surface area contributed by atoms with Crippen molar-refractivity contribution in [1.82, 2.24) is 0 Å². The Morgan fingerprint density at radius 2 is 2.33 bits per heavy atom. The summed E-state index contributed by atoms with van der Waals surface area (Å²) < 4.78 is 27.7. The number of fused-ring (bicyclic) bond motifs is 1. The molecule has 1 heterocycles. The molecule has 0 aromatic carbocycles. The average molecular weight is 188 g/mol. The molecule has 1 aliphatic carbocycles. The molecule has 4 heteroatoms. The molecule has 0 saturated carbocycles. The van der Waals surface area contributed by atoms with Gasteiger partial charge in [-0.15, -0.1) is 0 Å². The molecule has 1 fully saturated rings. The molecule has 68 valence electrons. The fourth-order valence-electron chi connectivity index (χ4n) is 2.06. The zero-order chi connectivity index (χ0) is 8.77. The van der Waals surface area contributed by atoms with Gasteiger partial charge in [-0.25, -0.2) is 0 Å². The van der Waals surface area contributed by atoms with E-state index in [2.05, 4.69) is 0 Å². The van der Waals surface area contributed by atoms with Gasteiger partial charge in [0.05, 0.1) is 11.4 Å². The highest BCUT2D eigenvalue weighted by Crippen LogP contribution is 2.38. The molecule has 0 amide bonds. The molecule has 0 bridgehead atoms. The SMILES string of the molecule is CC[C@H]1[C@@H]2CC=C[C@@H]2OS1(=O)=O. The average Bonchev–Trinajstić information content (AvgIpc) is 2.43. The van der Waals surface area contributed by atoms with Gasteiger partial charge in [0.1, 0.15) is 0 Å². The summed E-state index contributed by atoms with van der Waals surface area (Å²) in [7, 11) is -3.25. The molecule has 0 radical (unpaired) electrons. The van der Waals surface area contributed by atoms with Gasteiger partial charge >= 0.3 is 0 Å². The molecule has 0 aromatic rings. The van der Waals surface area contributed by atoms with Crippen LogP contribution < -0.4 is 0 Å². The maximum atomic E-state index is 11.4. The van der Waals surface area contributed by atoms with Crippen LogP contribution in [0.5, 0.6) is 0 Å². The predicted octanol–water partition coefficient (Wildman–Crippen LogP) is 1.07. The van der Waals surface area contributed by atoms with Crippen LogP contribution in [0, 0.1) is 5.92 Å². The summed E-state index contributed by atoms with van der Waals surface area (Å²) in [5.74, 6) is 0.181. The third-order valence-corrected chi connectivity index (χ3v) is 4.57. The lowest BCUT2D eigenvalue weighted by atomic mass is 9.99. The highest BCUT2D eigenvalue weighted by Gasteiger charge is 2.47. The van der Waals surface area contributed by atoms with E-state index in [4.69, 9.17) is 4.18 Å². The topological polar surface area (TPSA) is 43.4 Å². The molecule has 1 aliphatic heterocycles. The Bertz CT molecular complexity index is 304. The van der Waals surface area contributed by atoms with Crippen LogP contribution >= 0.6 is 0 Å². The van der Waals surface area contributed by atoms with Crippen molar-refractivity contribution in [2.75, 3.05) is 0 Å². The quantitative estimate of drug-likeness (QED) is 0.456. The van der Waals surface area contributed by atoms with E-state index in [1.807, 2.05) is 19.1 Å². The molecule has 0 aromatic heterocycles. The Morgan fingerprint density at radius 1 is 1.58 bits per heavy atom. The first-order valence-corrected chi connectivity index (χ1v) is 5.71. The summed E-state index contributed by atoms with van der Waals surface area (Å²) in [6.45, 7) is 1.90. The second kappa shape index (κ2) is 2.57. The van der Waals surface area contributed by atoms with E-state index in [-0.39, 0.29) is 17.3 Å². The first-order valence-electron chi connectivity index (χ1n) is 4.24. The van der Waals surface area contributed by atoms with E-state index in [9.17, 15) is 8.42 Å². The Balaban J connectivity index is 2.32. The third-order valence-electron chi connectivity index (χ3n) is 2.65. The van der Waals surface area contributed by atoms with Gasteiger partial charge in [0.25, 0.3) is 10.1 Å². The maximum Gasteiger partial charge on any atom is 0.271 e. The summed E-state index contributed by atoms with van der Waals surface area (Å²) in [6.07, 6.45) is 5.21. The van der Waals surface area contributed by atoms with Crippen molar-refractivity contribution in [3.8, 4) is 0 Å². The fourth-order valence-corrected chi connectivity index (χ4v) is 3.82. The second-order valence-corrected chi connectivity index (χ2v) is 5.11. The Hall–Kier alpha value is -0.350. The van der Waals surface area contributed by atoms with Crippen LogP contribution in [-0.2, 0) is 14.3 Å². The van der Waals surface area contributed by atoms with E-state index in [1.165, 1.54) is 0 Å². The molecule has 0 unspecified atom stereocenters.